The molecule has 3 aromatic carbocycles. The second-order valence-corrected chi connectivity index (χ2v) is 14.3. The zero-order valence-electron chi connectivity index (χ0n) is 27.3. The first-order chi connectivity index (χ1) is 22.7. The highest BCUT2D eigenvalue weighted by atomic mass is 32.2. The van der Waals surface area contributed by atoms with Crippen molar-refractivity contribution in [3.63, 3.8) is 0 Å². The van der Waals surface area contributed by atoms with Crippen LogP contribution in [0.4, 0.5) is 19.0 Å². The smallest absolute Gasteiger partial charge is 0.279 e. The van der Waals surface area contributed by atoms with Gasteiger partial charge in [0.25, 0.3) is 10.0 Å². The van der Waals surface area contributed by atoms with E-state index in [0.717, 1.165) is 23.6 Å². The number of hydrogen-bond acceptors (Lipinski definition) is 5. The number of pyridine rings is 1. The van der Waals surface area contributed by atoms with Crippen molar-refractivity contribution < 1.29 is 21.6 Å². The largest absolute Gasteiger partial charge is 0.419 e. The van der Waals surface area contributed by atoms with Crippen LogP contribution in [0.3, 0.4) is 0 Å². The van der Waals surface area contributed by atoms with E-state index in [-0.39, 0.29) is 21.7 Å². The molecule has 48 heavy (non-hydrogen) atoms. The molecule has 5 rings (SSSR count). The molecule has 252 valence electrons. The number of hydrogen-bond donors (Lipinski definition) is 1. The van der Waals surface area contributed by atoms with Crippen LogP contribution in [0.15, 0.2) is 101 Å². The van der Waals surface area contributed by atoms with E-state index in [9.17, 15) is 26.4 Å². The van der Waals surface area contributed by atoms with Crippen molar-refractivity contribution in [2.24, 2.45) is 0 Å². The third-order valence-electron chi connectivity index (χ3n) is 8.07. The van der Waals surface area contributed by atoms with Crippen molar-refractivity contribution in [2.45, 2.75) is 76.5 Å². The van der Waals surface area contributed by atoms with Crippen LogP contribution in [-0.2, 0) is 47.5 Å². The van der Waals surface area contributed by atoms with E-state index in [1.54, 1.807) is 22.8 Å². The second kappa shape index (κ2) is 13.8. The van der Waals surface area contributed by atoms with Crippen LogP contribution in [0.2, 0.25) is 0 Å². The minimum Gasteiger partial charge on any atom is -0.279 e. The fourth-order valence-electron chi connectivity index (χ4n) is 5.38. The number of aromatic nitrogens is 4. The molecular formula is C36H38F3N5O3S. The van der Waals surface area contributed by atoms with Gasteiger partial charge in [-0.15, -0.1) is 0 Å². The Morgan fingerprint density at radius 2 is 1.46 bits per heavy atom. The molecular weight excluding hydrogens is 639 g/mol. The van der Waals surface area contributed by atoms with E-state index in [1.807, 2.05) is 35.9 Å². The average molecular weight is 678 g/mol. The van der Waals surface area contributed by atoms with Crippen LogP contribution in [0, 0.1) is 0 Å². The van der Waals surface area contributed by atoms with Crippen molar-refractivity contribution in [3.8, 4) is 11.3 Å². The molecule has 0 atom stereocenters. The molecule has 0 spiro atoms. The van der Waals surface area contributed by atoms with Crippen LogP contribution < -0.4 is 10.4 Å². The number of nitrogens with one attached hydrogen (secondary N) is 1. The molecule has 8 nitrogen and oxygen atoms in total. The van der Waals surface area contributed by atoms with E-state index in [2.05, 4.69) is 43.0 Å². The third-order valence-corrected chi connectivity index (χ3v) is 9.42. The highest BCUT2D eigenvalue weighted by Crippen LogP contribution is 2.36. The van der Waals surface area contributed by atoms with Crippen molar-refractivity contribution >= 4 is 15.8 Å². The van der Waals surface area contributed by atoms with E-state index < -0.39 is 27.6 Å². The maximum Gasteiger partial charge on any atom is 0.419 e. The molecule has 0 radical (unpaired) electrons. The molecule has 0 saturated heterocycles. The first-order valence-corrected chi connectivity index (χ1v) is 17.2. The van der Waals surface area contributed by atoms with Crippen molar-refractivity contribution in [2.75, 3.05) is 4.72 Å². The van der Waals surface area contributed by atoms with Crippen LogP contribution in [0.5, 0.6) is 0 Å². The molecule has 0 amide bonds. The minimum absolute atomic E-state index is 0.0424. The number of aryl methyl sites for hydroxylation is 2. The number of anilines is 1. The van der Waals surface area contributed by atoms with Gasteiger partial charge in [0.15, 0.2) is 5.82 Å². The summed E-state index contributed by atoms with van der Waals surface area (Å²) in [6.07, 6.45) is -2.83. The molecule has 0 aliphatic rings. The lowest BCUT2D eigenvalue weighted by molar-refractivity contribution is -0.137. The number of rotatable bonds is 11. The van der Waals surface area contributed by atoms with Gasteiger partial charge in [-0.05, 0) is 66.1 Å². The van der Waals surface area contributed by atoms with Gasteiger partial charge < -0.3 is 0 Å². The standard InChI is InChI=1S/C36H38F3N5O3S/c1-5-43-32(41-44(34(43)45)24-26-16-20-28(21-17-26)35(2,3)4)13-9-10-25-14-18-27(19-15-25)31-23-22-30(36(37,38)39)33(40-31)42-48(46,47)29-11-7-6-8-12-29/h6-8,11-12,14-23H,5,9-10,13,24H2,1-4H3,(H,40,42). The van der Waals surface area contributed by atoms with Gasteiger partial charge in [0.1, 0.15) is 5.82 Å². The molecule has 0 aliphatic carbocycles. The number of halogens is 3. The van der Waals surface area contributed by atoms with Crippen LogP contribution in [0.25, 0.3) is 11.3 Å². The normalized spacial score (nSPS) is 12.3. The predicted molar refractivity (Wildman–Crippen MR) is 180 cm³/mol. The van der Waals surface area contributed by atoms with E-state index in [4.69, 9.17) is 0 Å². The van der Waals surface area contributed by atoms with E-state index in [0.29, 0.717) is 37.3 Å². The first kappa shape index (κ1) is 34.6. The summed E-state index contributed by atoms with van der Waals surface area (Å²) in [5, 5.41) is 4.64. The molecule has 0 unspecified atom stereocenters. The Labute approximate surface area is 278 Å². The van der Waals surface area contributed by atoms with E-state index >= 15 is 0 Å². The van der Waals surface area contributed by atoms with Gasteiger partial charge in [-0.2, -0.15) is 18.3 Å². The summed E-state index contributed by atoms with van der Waals surface area (Å²) in [5.41, 5.74) is 2.63. The Kier molecular flexibility index (Phi) is 9.95. The molecule has 1 N–H and O–H groups in total. The second-order valence-electron chi connectivity index (χ2n) is 12.6. The monoisotopic (exact) mass is 677 g/mol. The summed E-state index contributed by atoms with van der Waals surface area (Å²) in [7, 11) is -4.30. The number of alkyl halides is 3. The maximum absolute atomic E-state index is 13.8. The molecule has 0 aliphatic heterocycles. The summed E-state index contributed by atoms with van der Waals surface area (Å²) < 4.78 is 72.2. The molecule has 0 saturated carbocycles. The average Bonchev–Trinajstić information content (AvgIpc) is 3.34. The van der Waals surface area contributed by atoms with Crippen LogP contribution >= 0.6 is 0 Å². The fraction of sp³-hybridized carbons (Fsp3) is 0.306. The van der Waals surface area contributed by atoms with Gasteiger partial charge in [-0.25, -0.2) is 22.9 Å². The first-order valence-electron chi connectivity index (χ1n) is 15.7. The predicted octanol–water partition coefficient (Wildman–Crippen LogP) is 7.47. The summed E-state index contributed by atoms with van der Waals surface area (Å²) >= 11 is 0. The van der Waals surface area contributed by atoms with Gasteiger partial charge in [0.2, 0.25) is 0 Å². The molecule has 2 heterocycles. The summed E-state index contributed by atoms with van der Waals surface area (Å²) in [4.78, 5) is 17.0. The maximum atomic E-state index is 13.8. The zero-order chi connectivity index (χ0) is 34.7. The van der Waals surface area contributed by atoms with Crippen molar-refractivity contribution in [1.29, 1.82) is 0 Å². The summed E-state index contributed by atoms with van der Waals surface area (Å²) in [6, 6.07) is 24.6. The van der Waals surface area contributed by atoms with E-state index in [1.165, 1.54) is 40.6 Å². The number of benzene rings is 3. The Bertz CT molecular complexity index is 2030. The van der Waals surface area contributed by atoms with Gasteiger partial charge in [-0.1, -0.05) is 87.5 Å². The number of sulfonamides is 1. The highest BCUT2D eigenvalue weighted by Gasteiger charge is 2.36. The van der Waals surface area contributed by atoms with Crippen LogP contribution in [-0.4, -0.2) is 27.7 Å². The lowest BCUT2D eigenvalue weighted by atomic mass is 9.87. The Morgan fingerprint density at radius 1 is 0.812 bits per heavy atom. The van der Waals surface area contributed by atoms with Crippen molar-refractivity contribution in [3.05, 3.63) is 130 Å². The quantitative estimate of drug-likeness (QED) is 0.157. The highest BCUT2D eigenvalue weighted by molar-refractivity contribution is 7.92. The lowest BCUT2D eigenvalue weighted by Crippen LogP contribution is -2.25. The molecule has 2 aromatic heterocycles. The summed E-state index contributed by atoms with van der Waals surface area (Å²) in [6.45, 7) is 9.28. The molecule has 12 heteroatoms. The molecule has 5 aromatic rings. The molecule has 0 fully saturated rings. The number of nitrogens with zero attached hydrogens (tertiary/aromatic N) is 4. The summed E-state index contributed by atoms with van der Waals surface area (Å²) in [5.74, 6) is -0.0823. The minimum atomic E-state index is -4.82. The van der Waals surface area contributed by atoms with Gasteiger partial charge in [0, 0.05) is 18.5 Å². The Morgan fingerprint density at radius 3 is 2.06 bits per heavy atom. The van der Waals surface area contributed by atoms with Crippen LogP contribution in [0.1, 0.15) is 62.2 Å². The fourth-order valence-corrected chi connectivity index (χ4v) is 6.42. The third kappa shape index (κ3) is 8.04. The Hall–Kier alpha value is -4.71. The van der Waals surface area contributed by atoms with Gasteiger partial charge in [0.05, 0.1) is 22.7 Å². The Balaban J connectivity index is 1.27. The SMILES string of the molecule is CCn1c(CCCc2ccc(-c3ccc(C(F)(F)F)c(NS(=O)(=O)c4ccccc4)n3)cc2)nn(Cc2ccc(C(C)(C)C)cc2)c1=O. The van der Waals surface area contributed by atoms with Gasteiger partial charge in [-0.3, -0.25) is 9.29 Å². The topological polar surface area (TPSA) is 98.9 Å². The lowest BCUT2D eigenvalue weighted by Gasteiger charge is -2.19. The zero-order valence-corrected chi connectivity index (χ0v) is 28.1. The van der Waals surface area contributed by atoms with Crippen molar-refractivity contribution in [1.82, 2.24) is 19.3 Å². The molecule has 0 bridgehead atoms. The van der Waals surface area contributed by atoms with Gasteiger partial charge >= 0.3 is 11.9 Å².